The second-order valence-corrected chi connectivity index (χ2v) is 6.12. The summed E-state index contributed by atoms with van der Waals surface area (Å²) in [4.78, 5) is 0. The standard InChI is InChI=1S/C2H6S2.2CH3NS2.Mn/c1-3-4-2;2*2-1(3)4;/h1-2H3;2*(H3,2,3,4);. The maximum atomic E-state index is 4.71. The quantitative estimate of drug-likeness (QED) is 0.254. The monoisotopic (exact) mass is 335 g/mol. The zero-order valence-corrected chi connectivity index (χ0v) is 13.3. The number of rotatable bonds is 1. The molecule has 0 spiro atoms. The molecule has 0 atom stereocenters. The van der Waals surface area contributed by atoms with E-state index >= 15 is 0 Å². The van der Waals surface area contributed by atoms with Gasteiger partial charge in [0, 0.05) is 17.1 Å². The van der Waals surface area contributed by atoms with Crippen molar-refractivity contribution in [1.82, 2.24) is 0 Å². The van der Waals surface area contributed by atoms with Crippen molar-refractivity contribution in [2.45, 2.75) is 0 Å². The van der Waals surface area contributed by atoms with Gasteiger partial charge in [-0.25, -0.2) is 0 Å². The van der Waals surface area contributed by atoms with Crippen LogP contribution in [-0.4, -0.2) is 21.2 Å². The second-order valence-electron chi connectivity index (χ2n) is 1.01. The van der Waals surface area contributed by atoms with Gasteiger partial charge in [0.25, 0.3) is 0 Å². The van der Waals surface area contributed by atoms with Crippen molar-refractivity contribution in [2.75, 3.05) is 12.5 Å². The number of nitrogens with two attached hydrogens (primary N) is 2. The zero-order valence-electron chi connectivity index (χ0n) is 7.06. The van der Waals surface area contributed by atoms with Gasteiger partial charge in [0.15, 0.2) is 0 Å². The van der Waals surface area contributed by atoms with Crippen LogP contribution in [0, 0.1) is 0 Å². The van der Waals surface area contributed by atoms with Crippen LogP contribution in [0.25, 0.3) is 0 Å². The van der Waals surface area contributed by atoms with Crippen LogP contribution in [0.5, 0.6) is 0 Å². The Morgan fingerprint density at radius 1 is 1.00 bits per heavy atom. The summed E-state index contributed by atoms with van der Waals surface area (Å²) in [6.07, 6.45) is 4.12. The SMILES string of the molecule is CSSC.NC(=S)S.NC(=S)S.[Mn]. The Bertz CT molecular complexity index is 99.2. The first-order chi connectivity index (χ1) is 5.38. The van der Waals surface area contributed by atoms with E-state index in [0.717, 1.165) is 0 Å². The van der Waals surface area contributed by atoms with Crippen LogP contribution in [0.3, 0.4) is 0 Å². The van der Waals surface area contributed by atoms with Gasteiger partial charge in [0.2, 0.25) is 0 Å². The molecular formula is C4H12MnN2S6. The Morgan fingerprint density at radius 2 is 1.08 bits per heavy atom. The average molecular weight is 335 g/mol. The summed E-state index contributed by atoms with van der Waals surface area (Å²) in [5.41, 5.74) is 9.41. The summed E-state index contributed by atoms with van der Waals surface area (Å²) in [5, 5.41) is 0. The molecule has 0 aliphatic heterocycles. The van der Waals surface area contributed by atoms with E-state index < -0.39 is 0 Å². The molecule has 9 heteroatoms. The van der Waals surface area contributed by atoms with E-state index in [1.807, 2.05) is 0 Å². The molecule has 4 N–H and O–H groups in total. The smallest absolute Gasteiger partial charge is 0.128 e. The van der Waals surface area contributed by atoms with Crippen molar-refractivity contribution in [3.8, 4) is 0 Å². The molecule has 0 amide bonds. The van der Waals surface area contributed by atoms with Crippen molar-refractivity contribution in [2.24, 2.45) is 11.5 Å². The fourth-order valence-electron chi connectivity index (χ4n) is 0. The molecule has 0 aromatic heterocycles. The minimum absolute atomic E-state index is 0. The van der Waals surface area contributed by atoms with Crippen LogP contribution in [0.4, 0.5) is 0 Å². The Balaban J connectivity index is -0.0000000450. The molecular weight excluding hydrogens is 323 g/mol. The van der Waals surface area contributed by atoms with E-state index in [2.05, 4.69) is 62.2 Å². The number of hydrogen-bond donors (Lipinski definition) is 4. The zero-order chi connectivity index (χ0) is 10.6. The van der Waals surface area contributed by atoms with E-state index in [1.54, 1.807) is 21.6 Å². The largest absolute Gasteiger partial charge is 0.385 e. The van der Waals surface area contributed by atoms with Crippen LogP contribution in [-0.2, 0) is 17.1 Å². The summed E-state index contributed by atoms with van der Waals surface area (Å²) in [7, 11) is 3.55. The number of thiol groups is 2. The predicted molar refractivity (Wildman–Crippen MR) is 78.6 cm³/mol. The molecule has 1 radical (unpaired) electrons. The fourth-order valence-corrected chi connectivity index (χ4v) is 0. The van der Waals surface area contributed by atoms with Crippen LogP contribution < -0.4 is 11.5 Å². The molecule has 0 fully saturated rings. The predicted octanol–water partition coefficient (Wildman–Crippen LogP) is 1.94. The van der Waals surface area contributed by atoms with Gasteiger partial charge in [-0.3, -0.25) is 0 Å². The molecule has 0 aliphatic carbocycles. The van der Waals surface area contributed by atoms with Gasteiger partial charge in [-0.15, -0.1) is 25.3 Å². The van der Waals surface area contributed by atoms with Crippen LogP contribution in [0.1, 0.15) is 0 Å². The van der Waals surface area contributed by atoms with Crippen molar-refractivity contribution in [3.05, 3.63) is 0 Å². The third-order valence-electron chi connectivity index (χ3n) is 0.167. The van der Waals surface area contributed by atoms with Crippen LogP contribution in [0.15, 0.2) is 0 Å². The third kappa shape index (κ3) is 257. The van der Waals surface area contributed by atoms with Gasteiger partial charge in [-0.2, -0.15) is 0 Å². The molecule has 0 aromatic rings. The Hall–Kier alpha value is 1.70. The van der Waals surface area contributed by atoms with Gasteiger partial charge in [0.1, 0.15) is 8.64 Å². The van der Waals surface area contributed by atoms with E-state index in [1.165, 1.54) is 0 Å². The van der Waals surface area contributed by atoms with Crippen LogP contribution >= 0.6 is 71.3 Å². The Labute approximate surface area is 120 Å². The fraction of sp³-hybridized carbons (Fsp3) is 0.500. The molecule has 0 rings (SSSR count). The van der Waals surface area contributed by atoms with E-state index in [0.29, 0.717) is 0 Å². The van der Waals surface area contributed by atoms with Gasteiger partial charge in [-0.1, -0.05) is 46.0 Å². The average Bonchev–Trinajstić information content (AvgIpc) is 1.85. The molecule has 81 valence electrons. The second kappa shape index (κ2) is 23.5. The number of hydrogen-bond acceptors (Lipinski definition) is 4. The van der Waals surface area contributed by atoms with E-state index in [4.69, 9.17) is 11.5 Å². The molecule has 0 aromatic carbocycles. The topological polar surface area (TPSA) is 52.0 Å². The summed E-state index contributed by atoms with van der Waals surface area (Å²) in [6, 6.07) is 0. The normalized spacial score (nSPS) is 6.15. The first-order valence-electron chi connectivity index (χ1n) is 2.42. The maximum absolute atomic E-state index is 4.71. The van der Waals surface area contributed by atoms with Crippen molar-refractivity contribution < 1.29 is 17.1 Å². The van der Waals surface area contributed by atoms with Gasteiger partial charge >= 0.3 is 0 Å². The van der Waals surface area contributed by atoms with Crippen molar-refractivity contribution >= 4 is 79.9 Å². The van der Waals surface area contributed by atoms with Gasteiger partial charge in [0.05, 0.1) is 0 Å². The summed E-state index contributed by atoms with van der Waals surface area (Å²) in [5.74, 6) is 0. The molecule has 0 bridgehead atoms. The van der Waals surface area contributed by atoms with Crippen molar-refractivity contribution in [3.63, 3.8) is 0 Å². The minimum Gasteiger partial charge on any atom is -0.385 e. The first kappa shape index (κ1) is 24.1. The Kier molecular flexibility index (Phi) is 43.5. The molecule has 0 unspecified atom stereocenters. The summed E-state index contributed by atoms with van der Waals surface area (Å²) < 4.78 is 0.389. The third-order valence-corrected chi connectivity index (χ3v) is 1.50. The van der Waals surface area contributed by atoms with Gasteiger partial charge < -0.3 is 11.5 Å². The maximum Gasteiger partial charge on any atom is 0.128 e. The molecule has 0 heterocycles. The van der Waals surface area contributed by atoms with Crippen molar-refractivity contribution in [1.29, 1.82) is 0 Å². The first-order valence-corrected chi connectivity index (χ1v) is 7.09. The summed E-state index contributed by atoms with van der Waals surface area (Å²) in [6.45, 7) is 0. The molecule has 2 nitrogen and oxygen atoms in total. The minimum atomic E-state index is 0. The van der Waals surface area contributed by atoms with E-state index in [-0.39, 0.29) is 25.7 Å². The molecule has 0 saturated heterocycles. The molecule has 13 heavy (non-hydrogen) atoms. The number of thiocarbonyl (C=S) groups is 2. The van der Waals surface area contributed by atoms with Crippen LogP contribution in [0.2, 0.25) is 0 Å². The summed E-state index contributed by atoms with van der Waals surface area (Å²) >= 11 is 15.3. The van der Waals surface area contributed by atoms with E-state index in [9.17, 15) is 0 Å². The van der Waals surface area contributed by atoms with Gasteiger partial charge in [-0.05, 0) is 12.5 Å². The molecule has 0 aliphatic rings. The Morgan fingerprint density at radius 3 is 1.08 bits per heavy atom. The molecule has 0 saturated carbocycles.